The summed E-state index contributed by atoms with van der Waals surface area (Å²) < 4.78 is 0. The van der Waals surface area contributed by atoms with Crippen LogP contribution in [-0.2, 0) is 0 Å². The van der Waals surface area contributed by atoms with E-state index in [1.165, 1.54) is 6.20 Å². The number of aliphatic imine (C=N–C) groups is 1. The summed E-state index contributed by atoms with van der Waals surface area (Å²) in [5, 5.41) is 9.86. The SMILES string of the molecule is NC1=CN(N)C(O)N=C1N. The van der Waals surface area contributed by atoms with Crippen LogP contribution in [-0.4, -0.2) is 22.3 Å². The lowest BCUT2D eigenvalue weighted by molar-refractivity contribution is 0.0428. The first-order valence-corrected chi connectivity index (χ1v) is 2.63. The highest BCUT2D eigenvalue weighted by Gasteiger charge is 2.14. The van der Waals surface area contributed by atoms with Gasteiger partial charge in [-0.05, 0) is 0 Å². The highest BCUT2D eigenvalue weighted by molar-refractivity contribution is 5.96. The zero-order valence-corrected chi connectivity index (χ0v) is 5.23. The first kappa shape index (κ1) is 6.84. The Morgan fingerprint density at radius 2 is 2.20 bits per heavy atom. The number of aliphatic hydroxyl groups excluding tert-OH is 1. The van der Waals surface area contributed by atoms with Crippen molar-refractivity contribution < 1.29 is 5.11 Å². The molecular weight excluding hydrogens is 134 g/mol. The number of aliphatic hydroxyl groups is 1. The summed E-state index contributed by atoms with van der Waals surface area (Å²) in [6.45, 7) is 0. The molecule has 0 amide bonds. The Hall–Kier alpha value is -1.27. The number of nitrogens with two attached hydrogens (primary N) is 3. The third-order valence-corrected chi connectivity index (χ3v) is 1.11. The van der Waals surface area contributed by atoms with Gasteiger partial charge < -0.3 is 16.6 Å². The minimum Gasteiger partial charge on any atom is -0.395 e. The van der Waals surface area contributed by atoms with Crippen molar-refractivity contribution in [2.45, 2.75) is 6.35 Å². The topological polar surface area (TPSA) is 114 Å². The molecule has 1 aliphatic rings. The van der Waals surface area contributed by atoms with Gasteiger partial charge in [0, 0.05) is 6.20 Å². The summed E-state index contributed by atoms with van der Waals surface area (Å²) in [6.07, 6.45) is 0.194. The van der Waals surface area contributed by atoms with Crippen LogP contribution in [0.25, 0.3) is 0 Å². The van der Waals surface area contributed by atoms with E-state index in [1.54, 1.807) is 0 Å². The summed E-state index contributed by atoms with van der Waals surface area (Å²) >= 11 is 0. The highest BCUT2D eigenvalue weighted by atomic mass is 16.3. The fourth-order valence-electron chi connectivity index (χ4n) is 0.559. The number of nitrogens with zero attached hydrogens (tertiary/aromatic N) is 2. The molecule has 0 aromatic heterocycles. The van der Waals surface area contributed by atoms with Crippen LogP contribution in [0.15, 0.2) is 16.9 Å². The van der Waals surface area contributed by atoms with Gasteiger partial charge in [-0.15, -0.1) is 0 Å². The largest absolute Gasteiger partial charge is 0.395 e. The molecule has 0 saturated heterocycles. The second kappa shape index (κ2) is 2.16. The summed E-state index contributed by atoms with van der Waals surface area (Å²) in [6, 6.07) is 0. The van der Waals surface area contributed by atoms with Crippen LogP contribution >= 0.6 is 0 Å². The molecular formula is C4H9N5O. The molecule has 1 atom stereocenters. The van der Waals surface area contributed by atoms with E-state index in [4.69, 9.17) is 22.4 Å². The maximum atomic E-state index is 8.90. The van der Waals surface area contributed by atoms with Crippen LogP contribution in [0.4, 0.5) is 0 Å². The molecule has 0 bridgehead atoms. The Morgan fingerprint density at radius 1 is 1.60 bits per heavy atom. The number of rotatable bonds is 0. The van der Waals surface area contributed by atoms with Crippen LogP contribution in [0.3, 0.4) is 0 Å². The number of hydrazine groups is 1. The zero-order chi connectivity index (χ0) is 7.72. The van der Waals surface area contributed by atoms with Crippen LogP contribution in [0.5, 0.6) is 0 Å². The Balaban J connectivity index is 2.83. The van der Waals surface area contributed by atoms with Crippen molar-refractivity contribution in [1.29, 1.82) is 0 Å². The molecule has 56 valence electrons. The normalized spacial score (nSPS) is 25.8. The third kappa shape index (κ3) is 1.02. The summed E-state index contributed by atoms with van der Waals surface area (Å²) in [4.78, 5) is 3.50. The monoisotopic (exact) mass is 143 g/mol. The molecule has 0 aromatic carbocycles. The minimum absolute atomic E-state index is 0.106. The van der Waals surface area contributed by atoms with E-state index in [9.17, 15) is 0 Å². The van der Waals surface area contributed by atoms with Crippen molar-refractivity contribution >= 4 is 5.84 Å². The van der Waals surface area contributed by atoms with Crippen LogP contribution in [0.2, 0.25) is 0 Å². The van der Waals surface area contributed by atoms with Gasteiger partial charge in [0.05, 0.1) is 5.70 Å². The molecule has 0 spiro atoms. The second-order valence-electron chi connectivity index (χ2n) is 1.89. The van der Waals surface area contributed by atoms with Gasteiger partial charge in [-0.1, -0.05) is 0 Å². The molecule has 6 heteroatoms. The lowest BCUT2D eigenvalue weighted by Gasteiger charge is -2.22. The molecule has 0 fully saturated rings. The average molecular weight is 143 g/mol. The molecule has 0 aromatic rings. The standard InChI is InChI=1S/C4H9N5O/c5-2-1-9(7)4(10)8-3(2)6/h1,4,10H,5,7H2,(H2,6,8). The van der Waals surface area contributed by atoms with E-state index in [-0.39, 0.29) is 11.5 Å². The lowest BCUT2D eigenvalue weighted by atomic mass is 10.4. The van der Waals surface area contributed by atoms with Gasteiger partial charge in [0.15, 0.2) is 0 Å². The predicted molar refractivity (Wildman–Crippen MR) is 35.9 cm³/mol. The van der Waals surface area contributed by atoms with E-state index in [2.05, 4.69) is 4.99 Å². The van der Waals surface area contributed by atoms with Crippen molar-refractivity contribution in [2.24, 2.45) is 22.3 Å². The van der Waals surface area contributed by atoms with Gasteiger partial charge >= 0.3 is 0 Å². The molecule has 0 aliphatic carbocycles. The molecule has 7 N–H and O–H groups in total. The zero-order valence-electron chi connectivity index (χ0n) is 5.23. The highest BCUT2D eigenvalue weighted by Crippen LogP contribution is 2.01. The van der Waals surface area contributed by atoms with Gasteiger partial charge in [-0.3, -0.25) is 5.01 Å². The first-order valence-electron chi connectivity index (χ1n) is 2.63. The molecule has 1 aliphatic heterocycles. The summed E-state index contributed by atoms with van der Waals surface area (Å²) in [5.41, 5.74) is 10.8. The Morgan fingerprint density at radius 3 is 2.70 bits per heavy atom. The van der Waals surface area contributed by atoms with Crippen LogP contribution in [0, 0.1) is 0 Å². The summed E-state index contributed by atoms with van der Waals surface area (Å²) in [5.74, 6) is 5.30. The fourth-order valence-corrected chi connectivity index (χ4v) is 0.559. The van der Waals surface area contributed by atoms with E-state index >= 15 is 0 Å². The van der Waals surface area contributed by atoms with E-state index < -0.39 is 6.35 Å². The van der Waals surface area contributed by atoms with Crippen molar-refractivity contribution in [1.82, 2.24) is 5.01 Å². The third-order valence-electron chi connectivity index (χ3n) is 1.11. The first-order chi connectivity index (χ1) is 4.61. The van der Waals surface area contributed by atoms with Gasteiger partial charge in [0.2, 0.25) is 6.35 Å². The molecule has 1 unspecified atom stereocenters. The van der Waals surface area contributed by atoms with Gasteiger partial charge in [0.25, 0.3) is 0 Å². The molecule has 1 heterocycles. The number of hydrogen-bond donors (Lipinski definition) is 4. The Kier molecular flexibility index (Phi) is 1.48. The van der Waals surface area contributed by atoms with Crippen LogP contribution in [0.1, 0.15) is 0 Å². The van der Waals surface area contributed by atoms with Gasteiger partial charge in [-0.25, -0.2) is 10.8 Å². The van der Waals surface area contributed by atoms with Gasteiger partial charge in [0.1, 0.15) is 5.84 Å². The molecule has 0 radical (unpaired) electrons. The van der Waals surface area contributed by atoms with Crippen molar-refractivity contribution in [2.75, 3.05) is 0 Å². The smallest absolute Gasteiger partial charge is 0.240 e. The number of amidine groups is 1. The molecule has 0 saturated carbocycles. The Labute approximate surface area is 57.6 Å². The average Bonchev–Trinajstić information content (AvgIpc) is 1.84. The summed E-state index contributed by atoms with van der Waals surface area (Å²) in [7, 11) is 0. The van der Waals surface area contributed by atoms with Crippen molar-refractivity contribution in [3.63, 3.8) is 0 Å². The molecule has 1 rings (SSSR count). The predicted octanol–water partition coefficient (Wildman–Crippen LogP) is -2.39. The van der Waals surface area contributed by atoms with Crippen LogP contribution < -0.4 is 17.3 Å². The maximum Gasteiger partial charge on any atom is 0.240 e. The lowest BCUT2D eigenvalue weighted by Crippen LogP contribution is -2.42. The van der Waals surface area contributed by atoms with E-state index in [1.807, 2.05) is 0 Å². The number of hydrogen-bond acceptors (Lipinski definition) is 6. The minimum atomic E-state index is -1.12. The second-order valence-corrected chi connectivity index (χ2v) is 1.89. The molecule has 6 nitrogen and oxygen atoms in total. The Bertz CT molecular complexity index is 176. The van der Waals surface area contributed by atoms with Crippen molar-refractivity contribution in [3.8, 4) is 0 Å². The fraction of sp³-hybridized carbons (Fsp3) is 0.250. The van der Waals surface area contributed by atoms with Gasteiger partial charge in [-0.2, -0.15) is 0 Å². The van der Waals surface area contributed by atoms with Crippen molar-refractivity contribution in [3.05, 3.63) is 11.9 Å². The van der Waals surface area contributed by atoms with E-state index in [0.29, 0.717) is 0 Å². The van der Waals surface area contributed by atoms with E-state index in [0.717, 1.165) is 5.01 Å². The maximum absolute atomic E-state index is 8.90. The molecule has 10 heavy (non-hydrogen) atoms. The quantitative estimate of drug-likeness (QED) is 0.282.